The van der Waals surface area contributed by atoms with Gasteiger partial charge in [-0.1, -0.05) is 25.1 Å². The Bertz CT molecular complexity index is 541. The van der Waals surface area contributed by atoms with Crippen molar-refractivity contribution in [3.63, 3.8) is 0 Å². The van der Waals surface area contributed by atoms with Gasteiger partial charge in [0.15, 0.2) is 0 Å². The monoisotopic (exact) mass is 260 g/mol. The first-order chi connectivity index (χ1) is 9.10. The Kier molecular flexibility index (Phi) is 4.27. The minimum absolute atomic E-state index is 0.221. The molecule has 2 atom stereocenters. The Labute approximate surface area is 115 Å². The van der Waals surface area contributed by atoms with Crippen molar-refractivity contribution in [3.05, 3.63) is 35.5 Å². The van der Waals surface area contributed by atoms with E-state index in [0.29, 0.717) is 0 Å². The lowest BCUT2D eigenvalue weighted by molar-refractivity contribution is 0.131. The molecule has 2 aromatic rings. The molecule has 1 aromatic carbocycles. The van der Waals surface area contributed by atoms with Gasteiger partial charge in [0.25, 0.3) is 0 Å². The molecule has 0 aliphatic carbocycles. The van der Waals surface area contributed by atoms with Crippen LogP contribution >= 0.6 is 0 Å². The van der Waals surface area contributed by atoms with E-state index in [-0.39, 0.29) is 18.6 Å². The average Bonchev–Trinajstić information content (AvgIpc) is 2.71. The summed E-state index contributed by atoms with van der Waals surface area (Å²) in [5, 5.41) is 10.9. The molecule has 0 aliphatic heterocycles. The van der Waals surface area contributed by atoms with E-state index in [2.05, 4.69) is 62.1 Å². The molecule has 0 bridgehead atoms. The molecule has 1 heterocycles. The van der Waals surface area contributed by atoms with Crippen LogP contribution in [0.1, 0.15) is 30.6 Å². The number of nitrogens with zero attached hydrogens (tertiary/aromatic N) is 1. The third kappa shape index (κ3) is 2.53. The van der Waals surface area contributed by atoms with Crippen molar-refractivity contribution < 1.29 is 5.11 Å². The summed E-state index contributed by atoms with van der Waals surface area (Å²) in [5.41, 5.74) is 3.70. The summed E-state index contributed by atoms with van der Waals surface area (Å²) in [6.07, 6.45) is 0.971. The molecule has 2 unspecified atom stereocenters. The number of aliphatic hydroxyl groups is 1. The summed E-state index contributed by atoms with van der Waals surface area (Å²) in [4.78, 5) is 5.67. The predicted octanol–water partition coefficient (Wildman–Crippen LogP) is 3.10. The molecule has 0 saturated heterocycles. The maximum absolute atomic E-state index is 9.67. The molecule has 0 fully saturated rings. The number of nitrogens with one attached hydrogen (secondary N) is 1. The highest BCUT2D eigenvalue weighted by Gasteiger charge is 2.27. The zero-order valence-corrected chi connectivity index (χ0v) is 12.3. The van der Waals surface area contributed by atoms with Crippen molar-refractivity contribution >= 4 is 10.9 Å². The van der Waals surface area contributed by atoms with E-state index in [4.69, 9.17) is 0 Å². The summed E-state index contributed by atoms with van der Waals surface area (Å²) in [7, 11) is 4.18. The van der Waals surface area contributed by atoms with Gasteiger partial charge >= 0.3 is 0 Å². The van der Waals surface area contributed by atoms with Crippen LogP contribution in [0.4, 0.5) is 0 Å². The van der Waals surface area contributed by atoms with Gasteiger partial charge in [0, 0.05) is 35.2 Å². The third-order valence-corrected chi connectivity index (χ3v) is 4.00. The first kappa shape index (κ1) is 14.1. The van der Waals surface area contributed by atoms with Gasteiger partial charge in [-0.2, -0.15) is 0 Å². The van der Waals surface area contributed by atoms with E-state index in [1.54, 1.807) is 0 Å². The van der Waals surface area contributed by atoms with Crippen LogP contribution < -0.4 is 0 Å². The van der Waals surface area contributed by atoms with Crippen molar-refractivity contribution in [1.82, 2.24) is 9.88 Å². The van der Waals surface area contributed by atoms with Crippen molar-refractivity contribution in [2.45, 2.75) is 26.3 Å². The van der Waals surface area contributed by atoms with E-state index in [9.17, 15) is 5.11 Å². The van der Waals surface area contributed by atoms with Crippen LogP contribution in [0.5, 0.6) is 0 Å². The lowest BCUT2D eigenvalue weighted by atomic mass is 9.89. The van der Waals surface area contributed by atoms with Gasteiger partial charge in [-0.25, -0.2) is 0 Å². The second-order valence-electron chi connectivity index (χ2n) is 5.47. The number of aromatic amines is 1. The van der Waals surface area contributed by atoms with Gasteiger partial charge in [0.1, 0.15) is 0 Å². The zero-order chi connectivity index (χ0) is 14.0. The quantitative estimate of drug-likeness (QED) is 0.867. The molecular weight excluding hydrogens is 236 g/mol. The molecule has 3 nitrogen and oxygen atoms in total. The number of aliphatic hydroxyl groups excluding tert-OH is 1. The maximum Gasteiger partial charge on any atom is 0.0477 e. The van der Waals surface area contributed by atoms with E-state index < -0.39 is 0 Å². The van der Waals surface area contributed by atoms with E-state index in [0.717, 1.165) is 6.42 Å². The number of aromatic nitrogens is 1. The van der Waals surface area contributed by atoms with Crippen LogP contribution in [0, 0.1) is 12.8 Å². The van der Waals surface area contributed by atoms with Crippen molar-refractivity contribution in [2.75, 3.05) is 20.7 Å². The molecule has 2 rings (SSSR count). The van der Waals surface area contributed by atoms with Crippen molar-refractivity contribution in [1.29, 1.82) is 0 Å². The Morgan fingerprint density at radius 3 is 2.53 bits per heavy atom. The van der Waals surface area contributed by atoms with Gasteiger partial charge in [-0.05, 0) is 39.1 Å². The fraction of sp³-hybridized carbons (Fsp3) is 0.500. The number of para-hydroxylation sites is 1. The van der Waals surface area contributed by atoms with E-state index >= 15 is 0 Å². The lowest BCUT2D eigenvalue weighted by Crippen LogP contribution is -2.29. The first-order valence-corrected chi connectivity index (χ1v) is 6.94. The molecule has 19 heavy (non-hydrogen) atoms. The minimum atomic E-state index is 0.221. The third-order valence-electron chi connectivity index (χ3n) is 4.00. The molecular formula is C16H24N2O. The van der Waals surface area contributed by atoms with Crippen LogP contribution in [0.25, 0.3) is 10.9 Å². The van der Waals surface area contributed by atoms with Gasteiger partial charge < -0.3 is 15.0 Å². The first-order valence-electron chi connectivity index (χ1n) is 6.94. The molecule has 0 radical (unpaired) electrons. The summed E-state index contributed by atoms with van der Waals surface area (Å²) in [6.45, 7) is 4.48. The Morgan fingerprint density at radius 1 is 1.26 bits per heavy atom. The van der Waals surface area contributed by atoms with Gasteiger partial charge in [-0.15, -0.1) is 0 Å². The fourth-order valence-corrected chi connectivity index (χ4v) is 3.05. The maximum atomic E-state index is 9.67. The Morgan fingerprint density at radius 2 is 1.95 bits per heavy atom. The lowest BCUT2D eigenvalue weighted by Gasteiger charge is -2.31. The second kappa shape index (κ2) is 5.76. The number of H-pyrrole nitrogens is 1. The van der Waals surface area contributed by atoms with Crippen LogP contribution in [0.3, 0.4) is 0 Å². The van der Waals surface area contributed by atoms with Gasteiger partial charge in [0.05, 0.1) is 0 Å². The number of rotatable bonds is 5. The molecule has 3 heteroatoms. The Balaban J connectivity index is 2.59. The highest BCUT2D eigenvalue weighted by atomic mass is 16.3. The highest BCUT2D eigenvalue weighted by Crippen LogP contribution is 2.36. The molecule has 1 aromatic heterocycles. The van der Waals surface area contributed by atoms with E-state index in [1.165, 1.54) is 22.2 Å². The van der Waals surface area contributed by atoms with Crippen LogP contribution in [-0.2, 0) is 0 Å². The topological polar surface area (TPSA) is 39.3 Å². The fourth-order valence-electron chi connectivity index (χ4n) is 3.05. The molecule has 0 amide bonds. The normalized spacial score (nSPS) is 15.1. The Hall–Kier alpha value is -1.32. The number of benzene rings is 1. The number of fused-ring (bicyclic) bond motifs is 1. The molecule has 0 spiro atoms. The van der Waals surface area contributed by atoms with Crippen LogP contribution in [0.2, 0.25) is 0 Å². The standard InChI is InChI=1S/C16H24N2O/c1-5-12(10-19)16(18(3)4)15-11(2)17-14-9-7-6-8-13(14)15/h6-9,12,16-17,19H,5,10H2,1-4H3. The largest absolute Gasteiger partial charge is 0.396 e. The average molecular weight is 260 g/mol. The van der Waals surface area contributed by atoms with Crippen LogP contribution in [-0.4, -0.2) is 35.7 Å². The smallest absolute Gasteiger partial charge is 0.0477 e. The summed E-state index contributed by atoms with van der Waals surface area (Å²) in [5.74, 6) is 0.257. The molecule has 2 N–H and O–H groups in total. The number of hydrogen-bond donors (Lipinski definition) is 2. The number of hydrogen-bond acceptors (Lipinski definition) is 2. The van der Waals surface area contributed by atoms with Crippen LogP contribution in [0.15, 0.2) is 24.3 Å². The van der Waals surface area contributed by atoms with Crippen molar-refractivity contribution in [3.8, 4) is 0 Å². The highest BCUT2D eigenvalue weighted by molar-refractivity contribution is 5.85. The van der Waals surface area contributed by atoms with E-state index in [1.807, 2.05) is 0 Å². The van der Waals surface area contributed by atoms with Gasteiger partial charge in [0.2, 0.25) is 0 Å². The molecule has 0 saturated carbocycles. The molecule has 104 valence electrons. The van der Waals surface area contributed by atoms with Gasteiger partial charge in [-0.3, -0.25) is 0 Å². The zero-order valence-electron chi connectivity index (χ0n) is 12.3. The molecule has 0 aliphatic rings. The predicted molar refractivity (Wildman–Crippen MR) is 80.3 cm³/mol. The number of aryl methyl sites for hydroxylation is 1. The summed E-state index contributed by atoms with van der Waals surface area (Å²) in [6, 6.07) is 8.64. The SMILES string of the molecule is CCC(CO)C(c1c(C)[nH]c2ccccc12)N(C)C. The summed E-state index contributed by atoms with van der Waals surface area (Å²) < 4.78 is 0. The van der Waals surface area contributed by atoms with Crippen molar-refractivity contribution in [2.24, 2.45) is 5.92 Å². The summed E-state index contributed by atoms with van der Waals surface area (Å²) >= 11 is 0. The minimum Gasteiger partial charge on any atom is -0.396 e. The second-order valence-corrected chi connectivity index (χ2v) is 5.47.